The first kappa shape index (κ1) is 33.2. The van der Waals surface area contributed by atoms with Gasteiger partial charge in [-0.1, -0.05) is 142 Å². The second kappa shape index (κ2) is 29.7. The van der Waals surface area contributed by atoms with Crippen LogP contribution in [0.2, 0.25) is 0 Å². The fourth-order valence-corrected chi connectivity index (χ4v) is 3.88. The molecule has 0 aliphatic carbocycles. The molecule has 28 heavy (non-hydrogen) atoms. The average molecular weight is 442 g/mol. The van der Waals surface area contributed by atoms with Crippen molar-refractivity contribution in [1.29, 1.82) is 0 Å². The highest BCUT2D eigenvalue weighted by molar-refractivity contribution is 5.85. The minimum Gasteiger partial charge on any atom is -0.393 e. The predicted molar refractivity (Wildman–Crippen MR) is 133 cm³/mol. The van der Waals surface area contributed by atoms with E-state index in [1.54, 1.807) is 0 Å². The second-order valence-electron chi connectivity index (χ2n) is 8.60. The van der Waals surface area contributed by atoms with Crippen LogP contribution in [0.5, 0.6) is 0 Å². The predicted octanol–water partition coefficient (Wildman–Crippen LogP) is 9.81. The van der Waals surface area contributed by atoms with Gasteiger partial charge in [0, 0.05) is 0 Å². The van der Waals surface area contributed by atoms with Crippen LogP contribution in [0.1, 0.15) is 155 Å². The van der Waals surface area contributed by atoms with Gasteiger partial charge in [0.15, 0.2) is 0 Å². The first-order valence-electron chi connectivity index (χ1n) is 12.5. The SMILES string of the molecule is CCCCCCCCCCCCC(O)CCCCCCCCCCCC.Cl.Cl. The molecule has 1 nitrogen and oxygen atoms in total. The molecule has 0 aliphatic heterocycles. The Labute approximate surface area is 191 Å². The summed E-state index contributed by atoms with van der Waals surface area (Å²) in [4.78, 5) is 0. The van der Waals surface area contributed by atoms with Crippen molar-refractivity contribution in [2.75, 3.05) is 0 Å². The van der Waals surface area contributed by atoms with E-state index >= 15 is 0 Å². The van der Waals surface area contributed by atoms with Crippen molar-refractivity contribution >= 4 is 24.8 Å². The Morgan fingerprint density at radius 1 is 0.393 bits per heavy atom. The van der Waals surface area contributed by atoms with Crippen molar-refractivity contribution < 1.29 is 5.11 Å². The summed E-state index contributed by atoms with van der Waals surface area (Å²) in [6, 6.07) is 0. The molecule has 0 rings (SSSR count). The monoisotopic (exact) mass is 440 g/mol. The van der Waals surface area contributed by atoms with E-state index < -0.39 is 0 Å². The minimum absolute atomic E-state index is 0. The van der Waals surface area contributed by atoms with Crippen molar-refractivity contribution in [3.8, 4) is 0 Å². The Morgan fingerprint density at radius 2 is 0.607 bits per heavy atom. The fraction of sp³-hybridized carbons (Fsp3) is 1.00. The molecule has 0 amide bonds. The fourth-order valence-electron chi connectivity index (χ4n) is 3.88. The summed E-state index contributed by atoms with van der Waals surface area (Å²) in [6.45, 7) is 4.57. The van der Waals surface area contributed by atoms with Crippen LogP contribution < -0.4 is 0 Å². The molecule has 0 aromatic carbocycles. The molecule has 0 saturated heterocycles. The minimum atomic E-state index is -0.0295. The third-order valence-corrected chi connectivity index (χ3v) is 5.78. The quantitative estimate of drug-likeness (QED) is 0.166. The Morgan fingerprint density at radius 3 is 0.857 bits per heavy atom. The Bertz CT molecular complexity index is 225. The van der Waals surface area contributed by atoms with Crippen molar-refractivity contribution in [3.63, 3.8) is 0 Å². The molecule has 0 bridgehead atoms. The summed E-state index contributed by atoms with van der Waals surface area (Å²) >= 11 is 0. The number of unbranched alkanes of at least 4 members (excludes halogenated alkanes) is 18. The number of hydrogen-bond donors (Lipinski definition) is 1. The van der Waals surface area contributed by atoms with E-state index in [2.05, 4.69) is 13.8 Å². The van der Waals surface area contributed by atoms with Gasteiger partial charge in [-0.3, -0.25) is 0 Å². The van der Waals surface area contributed by atoms with Gasteiger partial charge in [-0.15, -0.1) is 24.8 Å². The van der Waals surface area contributed by atoms with Crippen LogP contribution >= 0.6 is 24.8 Å². The molecule has 0 aromatic rings. The molecule has 0 aromatic heterocycles. The highest BCUT2D eigenvalue weighted by Gasteiger charge is 2.03. The largest absolute Gasteiger partial charge is 0.393 e. The van der Waals surface area contributed by atoms with Crippen LogP contribution in [0.3, 0.4) is 0 Å². The summed E-state index contributed by atoms with van der Waals surface area (Å²) in [5.74, 6) is 0. The number of aliphatic hydroxyl groups excluding tert-OH is 1. The lowest BCUT2D eigenvalue weighted by Gasteiger charge is -2.10. The zero-order chi connectivity index (χ0) is 19.1. The molecule has 1 N–H and O–H groups in total. The zero-order valence-electron chi connectivity index (χ0n) is 19.4. The summed E-state index contributed by atoms with van der Waals surface area (Å²) in [6.07, 6.45) is 29.7. The van der Waals surface area contributed by atoms with Crippen LogP contribution in [-0.4, -0.2) is 11.2 Å². The molecule has 0 saturated carbocycles. The lowest BCUT2D eigenvalue weighted by Crippen LogP contribution is -2.05. The zero-order valence-corrected chi connectivity index (χ0v) is 21.0. The van der Waals surface area contributed by atoms with Crippen molar-refractivity contribution in [2.45, 2.75) is 161 Å². The molecule has 3 heteroatoms. The highest BCUT2D eigenvalue weighted by Crippen LogP contribution is 2.15. The van der Waals surface area contributed by atoms with Gasteiger partial charge in [-0.25, -0.2) is 0 Å². The van der Waals surface area contributed by atoms with Gasteiger partial charge in [0.1, 0.15) is 0 Å². The third-order valence-electron chi connectivity index (χ3n) is 5.78. The molecule has 0 fully saturated rings. The molecule has 0 heterocycles. The highest BCUT2D eigenvalue weighted by atomic mass is 35.5. The summed E-state index contributed by atoms with van der Waals surface area (Å²) in [7, 11) is 0. The van der Waals surface area contributed by atoms with Gasteiger partial charge in [0.25, 0.3) is 0 Å². The smallest absolute Gasteiger partial charge is 0.0540 e. The van der Waals surface area contributed by atoms with E-state index in [-0.39, 0.29) is 30.9 Å². The van der Waals surface area contributed by atoms with Crippen molar-refractivity contribution in [3.05, 3.63) is 0 Å². The first-order chi connectivity index (χ1) is 12.8. The lowest BCUT2D eigenvalue weighted by atomic mass is 10.0. The van der Waals surface area contributed by atoms with Gasteiger partial charge in [-0.2, -0.15) is 0 Å². The third kappa shape index (κ3) is 28.7. The molecular formula is C25H54Cl2O. The van der Waals surface area contributed by atoms with E-state index in [4.69, 9.17) is 0 Å². The normalized spacial score (nSPS) is 10.7. The standard InChI is InChI=1S/C25H52O.2ClH/c1-3-5-7-9-11-13-15-17-19-21-23-25(26)24-22-20-18-16-14-12-10-8-6-4-2;;/h25-26H,3-24H2,1-2H3;2*1H. The van der Waals surface area contributed by atoms with E-state index in [1.165, 1.54) is 128 Å². The van der Waals surface area contributed by atoms with Gasteiger partial charge in [0.2, 0.25) is 0 Å². The summed E-state index contributed by atoms with van der Waals surface area (Å²) < 4.78 is 0. The van der Waals surface area contributed by atoms with E-state index in [0.29, 0.717) is 0 Å². The maximum atomic E-state index is 10.1. The summed E-state index contributed by atoms with van der Waals surface area (Å²) in [5, 5.41) is 10.1. The molecule has 174 valence electrons. The second-order valence-corrected chi connectivity index (χ2v) is 8.60. The number of rotatable bonds is 22. The van der Waals surface area contributed by atoms with E-state index in [0.717, 1.165) is 12.8 Å². The van der Waals surface area contributed by atoms with E-state index in [9.17, 15) is 5.11 Å². The molecule has 0 radical (unpaired) electrons. The molecule has 0 aliphatic rings. The maximum Gasteiger partial charge on any atom is 0.0540 e. The Balaban J connectivity index is -0.00000312. The van der Waals surface area contributed by atoms with Crippen LogP contribution in [0, 0.1) is 0 Å². The molecular weight excluding hydrogens is 387 g/mol. The number of aliphatic hydroxyl groups is 1. The number of hydrogen-bond acceptors (Lipinski definition) is 1. The van der Waals surface area contributed by atoms with E-state index in [1.807, 2.05) is 0 Å². The van der Waals surface area contributed by atoms with Gasteiger partial charge < -0.3 is 5.11 Å². The Hall–Kier alpha value is 0.540. The number of halogens is 2. The van der Waals surface area contributed by atoms with Crippen LogP contribution in [0.25, 0.3) is 0 Å². The first-order valence-corrected chi connectivity index (χ1v) is 12.5. The van der Waals surface area contributed by atoms with Gasteiger partial charge in [0.05, 0.1) is 6.10 Å². The van der Waals surface area contributed by atoms with Crippen molar-refractivity contribution in [2.24, 2.45) is 0 Å². The van der Waals surface area contributed by atoms with Gasteiger partial charge in [-0.05, 0) is 12.8 Å². The van der Waals surface area contributed by atoms with Crippen LogP contribution in [0.15, 0.2) is 0 Å². The average Bonchev–Trinajstić information content (AvgIpc) is 2.64. The summed E-state index contributed by atoms with van der Waals surface area (Å²) in [5.41, 5.74) is 0. The maximum absolute atomic E-state index is 10.1. The lowest BCUT2D eigenvalue weighted by molar-refractivity contribution is 0.147. The van der Waals surface area contributed by atoms with Gasteiger partial charge >= 0.3 is 0 Å². The molecule has 0 spiro atoms. The topological polar surface area (TPSA) is 20.2 Å². The van der Waals surface area contributed by atoms with Crippen LogP contribution in [0.4, 0.5) is 0 Å². The van der Waals surface area contributed by atoms with Crippen molar-refractivity contribution in [1.82, 2.24) is 0 Å². The molecule has 0 unspecified atom stereocenters. The Kier molecular flexibility index (Phi) is 35.2. The molecule has 0 atom stereocenters. The van der Waals surface area contributed by atoms with Crippen LogP contribution in [-0.2, 0) is 0 Å².